The minimum atomic E-state index is 1.04. The van der Waals surface area contributed by atoms with Gasteiger partial charge in [-0.3, -0.25) is 0 Å². The first kappa shape index (κ1) is 32.0. The molecule has 0 nitrogen and oxygen atoms in total. The molecule has 0 aliphatic carbocycles. The zero-order valence-electron chi connectivity index (χ0n) is 23.4. The zero-order valence-corrected chi connectivity index (χ0v) is 23.4. The fourth-order valence-corrected chi connectivity index (χ4v) is 5.31. The Kier molecular flexibility index (Phi) is 29.0. The maximum absolute atomic E-state index is 2.32. The van der Waals surface area contributed by atoms with Crippen LogP contribution in [0, 0.1) is 5.92 Å². The summed E-state index contributed by atoms with van der Waals surface area (Å²) >= 11 is 0. The SMILES string of the molecule is CCCCCCCCCCCCC(CCCCCCCCC)CCCCCCCCCC. The normalized spacial score (nSPS) is 12.5. The molecular weight excluding hydrogens is 384 g/mol. The quantitative estimate of drug-likeness (QED) is 0.104. The van der Waals surface area contributed by atoms with Crippen LogP contribution in [0.25, 0.3) is 0 Å². The summed E-state index contributed by atoms with van der Waals surface area (Å²) in [5.74, 6) is 1.04. The van der Waals surface area contributed by atoms with Crippen molar-refractivity contribution in [3.8, 4) is 0 Å². The summed E-state index contributed by atoms with van der Waals surface area (Å²) in [5.41, 5.74) is 0. The summed E-state index contributed by atoms with van der Waals surface area (Å²) in [4.78, 5) is 0. The molecule has 0 heterocycles. The highest BCUT2D eigenvalue weighted by atomic mass is 14.1. The van der Waals surface area contributed by atoms with Crippen LogP contribution in [0.2, 0.25) is 0 Å². The number of hydrogen-bond donors (Lipinski definition) is 0. The third-order valence-electron chi connectivity index (χ3n) is 7.65. The lowest BCUT2D eigenvalue weighted by atomic mass is 9.89. The van der Waals surface area contributed by atoms with Crippen LogP contribution < -0.4 is 0 Å². The molecule has 0 bridgehead atoms. The fraction of sp³-hybridized carbons (Fsp3) is 1.00. The van der Waals surface area contributed by atoms with Gasteiger partial charge in [-0.2, -0.15) is 0 Å². The monoisotopic (exact) mass is 451 g/mol. The van der Waals surface area contributed by atoms with Gasteiger partial charge in [-0.25, -0.2) is 0 Å². The van der Waals surface area contributed by atoms with E-state index in [2.05, 4.69) is 20.8 Å². The second kappa shape index (κ2) is 29.0. The van der Waals surface area contributed by atoms with E-state index in [1.54, 1.807) is 0 Å². The van der Waals surface area contributed by atoms with Crippen LogP contribution in [-0.4, -0.2) is 0 Å². The van der Waals surface area contributed by atoms with Gasteiger partial charge in [0.25, 0.3) is 0 Å². The maximum Gasteiger partial charge on any atom is -0.0414 e. The molecule has 1 unspecified atom stereocenters. The van der Waals surface area contributed by atoms with E-state index in [4.69, 9.17) is 0 Å². The van der Waals surface area contributed by atoms with E-state index in [1.165, 1.54) is 180 Å². The van der Waals surface area contributed by atoms with E-state index < -0.39 is 0 Å². The summed E-state index contributed by atoms with van der Waals surface area (Å²) in [6.45, 7) is 6.96. The van der Waals surface area contributed by atoms with Crippen LogP contribution in [0.15, 0.2) is 0 Å². The zero-order chi connectivity index (χ0) is 23.4. The lowest BCUT2D eigenvalue weighted by Crippen LogP contribution is -2.01. The second-order valence-electron chi connectivity index (χ2n) is 11.0. The molecule has 0 aromatic heterocycles. The smallest absolute Gasteiger partial charge is 0.0414 e. The van der Waals surface area contributed by atoms with Crippen LogP contribution in [0.3, 0.4) is 0 Å². The molecule has 0 aliphatic rings. The van der Waals surface area contributed by atoms with Crippen molar-refractivity contribution < 1.29 is 0 Å². The topological polar surface area (TPSA) is 0 Å². The molecular formula is C32H66. The maximum atomic E-state index is 2.32. The van der Waals surface area contributed by atoms with Gasteiger partial charge in [-0.1, -0.05) is 201 Å². The van der Waals surface area contributed by atoms with E-state index in [0.717, 1.165) is 5.92 Å². The Bertz CT molecular complexity index is 307. The van der Waals surface area contributed by atoms with Gasteiger partial charge in [0.1, 0.15) is 0 Å². The van der Waals surface area contributed by atoms with Gasteiger partial charge in [-0.05, 0) is 5.92 Å². The molecule has 0 heteroatoms. The van der Waals surface area contributed by atoms with E-state index >= 15 is 0 Å². The summed E-state index contributed by atoms with van der Waals surface area (Å²) in [5, 5.41) is 0. The molecule has 0 saturated heterocycles. The van der Waals surface area contributed by atoms with Crippen LogP contribution in [-0.2, 0) is 0 Å². The Labute approximate surface area is 206 Å². The number of hydrogen-bond acceptors (Lipinski definition) is 0. The van der Waals surface area contributed by atoms with Crippen molar-refractivity contribution in [2.45, 2.75) is 201 Å². The molecule has 194 valence electrons. The molecule has 0 saturated carbocycles. The lowest BCUT2D eigenvalue weighted by molar-refractivity contribution is 0.365. The minimum Gasteiger partial charge on any atom is -0.0654 e. The molecule has 0 aromatic carbocycles. The van der Waals surface area contributed by atoms with Crippen molar-refractivity contribution >= 4 is 0 Å². The van der Waals surface area contributed by atoms with Gasteiger partial charge in [0.05, 0.1) is 0 Å². The van der Waals surface area contributed by atoms with E-state index in [-0.39, 0.29) is 0 Å². The molecule has 1 atom stereocenters. The molecule has 0 fully saturated rings. The predicted molar refractivity (Wildman–Crippen MR) is 150 cm³/mol. The third-order valence-corrected chi connectivity index (χ3v) is 7.65. The summed E-state index contributed by atoms with van der Waals surface area (Å²) in [6, 6.07) is 0. The fourth-order valence-electron chi connectivity index (χ4n) is 5.31. The van der Waals surface area contributed by atoms with Crippen LogP contribution in [0.4, 0.5) is 0 Å². The van der Waals surface area contributed by atoms with Gasteiger partial charge < -0.3 is 0 Å². The Morgan fingerprint density at radius 2 is 0.438 bits per heavy atom. The van der Waals surface area contributed by atoms with Crippen molar-refractivity contribution in [2.24, 2.45) is 5.92 Å². The Hall–Kier alpha value is 0. The van der Waals surface area contributed by atoms with E-state index in [1.807, 2.05) is 0 Å². The van der Waals surface area contributed by atoms with Crippen molar-refractivity contribution in [3.63, 3.8) is 0 Å². The Balaban J connectivity index is 3.81. The van der Waals surface area contributed by atoms with Crippen molar-refractivity contribution in [1.29, 1.82) is 0 Å². The molecule has 0 aromatic rings. The largest absolute Gasteiger partial charge is 0.0654 e. The molecule has 0 rings (SSSR count). The van der Waals surface area contributed by atoms with Gasteiger partial charge in [0, 0.05) is 0 Å². The first-order valence-corrected chi connectivity index (χ1v) is 15.8. The number of rotatable bonds is 28. The van der Waals surface area contributed by atoms with Gasteiger partial charge in [0.2, 0.25) is 0 Å². The van der Waals surface area contributed by atoms with Gasteiger partial charge in [0.15, 0.2) is 0 Å². The van der Waals surface area contributed by atoms with Gasteiger partial charge in [-0.15, -0.1) is 0 Å². The molecule has 0 radical (unpaired) electrons. The average molecular weight is 451 g/mol. The first-order chi connectivity index (χ1) is 15.8. The molecule has 0 aliphatic heterocycles. The molecule has 32 heavy (non-hydrogen) atoms. The summed E-state index contributed by atoms with van der Waals surface area (Å²) in [6.07, 6.45) is 41.3. The first-order valence-electron chi connectivity index (χ1n) is 15.8. The predicted octanol–water partition coefficient (Wildman–Crippen LogP) is 12.6. The Morgan fingerprint density at radius 1 is 0.250 bits per heavy atom. The highest BCUT2D eigenvalue weighted by Crippen LogP contribution is 2.25. The standard InChI is InChI=1S/C32H66/c1-4-7-10-13-16-18-19-22-25-28-31-32(29-26-23-20-15-12-9-6-3)30-27-24-21-17-14-11-8-5-2/h32H,4-31H2,1-3H3. The minimum absolute atomic E-state index is 1.04. The third kappa shape index (κ3) is 26.3. The highest BCUT2D eigenvalue weighted by Gasteiger charge is 2.09. The number of unbranched alkanes of at least 4 members (excludes halogenated alkanes) is 22. The summed E-state index contributed by atoms with van der Waals surface area (Å²) < 4.78 is 0. The van der Waals surface area contributed by atoms with E-state index in [0.29, 0.717) is 0 Å². The van der Waals surface area contributed by atoms with Crippen LogP contribution >= 0.6 is 0 Å². The van der Waals surface area contributed by atoms with Crippen molar-refractivity contribution in [2.75, 3.05) is 0 Å². The van der Waals surface area contributed by atoms with Crippen molar-refractivity contribution in [3.05, 3.63) is 0 Å². The Morgan fingerprint density at radius 3 is 0.656 bits per heavy atom. The van der Waals surface area contributed by atoms with Crippen molar-refractivity contribution in [1.82, 2.24) is 0 Å². The van der Waals surface area contributed by atoms with Crippen LogP contribution in [0.1, 0.15) is 201 Å². The highest BCUT2D eigenvalue weighted by molar-refractivity contribution is 4.62. The lowest BCUT2D eigenvalue weighted by Gasteiger charge is -2.17. The van der Waals surface area contributed by atoms with Crippen LogP contribution in [0.5, 0.6) is 0 Å². The molecule has 0 amide bonds. The second-order valence-corrected chi connectivity index (χ2v) is 11.0. The van der Waals surface area contributed by atoms with E-state index in [9.17, 15) is 0 Å². The average Bonchev–Trinajstić information content (AvgIpc) is 2.80. The van der Waals surface area contributed by atoms with Gasteiger partial charge >= 0.3 is 0 Å². The summed E-state index contributed by atoms with van der Waals surface area (Å²) in [7, 11) is 0. The molecule has 0 N–H and O–H groups in total. The molecule has 0 spiro atoms.